The van der Waals surface area contributed by atoms with E-state index in [1.54, 1.807) is 6.92 Å². The van der Waals surface area contributed by atoms with Gasteiger partial charge in [-0.15, -0.1) is 0 Å². The van der Waals surface area contributed by atoms with E-state index < -0.39 is 0 Å². The third kappa shape index (κ3) is 0.633. The minimum Gasteiger partial charge on any atom is -0.267 e. The highest BCUT2D eigenvalue weighted by Crippen LogP contribution is 1.88. The Hall–Kier alpha value is -1.58. The summed E-state index contributed by atoms with van der Waals surface area (Å²) in [5, 5.41) is 0. The lowest BCUT2D eigenvalue weighted by molar-refractivity contribution is 0.786. The van der Waals surface area contributed by atoms with Crippen molar-refractivity contribution >= 4 is 0 Å². The van der Waals surface area contributed by atoms with E-state index in [4.69, 9.17) is 1.37 Å². The molecule has 56 valence electrons. The molecule has 0 N–H and O–H groups in total. The molecule has 0 amide bonds. The van der Waals surface area contributed by atoms with Gasteiger partial charge in [-0.1, -0.05) is 0 Å². The summed E-state index contributed by atoms with van der Waals surface area (Å²) in [5.74, 6) is 0. The maximum absolute atomic E-state index is 11.1. The van der Waals surface area contributed by atoms with E-state index in [-0.39, 0.29) is 17.3 Å². The Balaban J connectivity index is 3.23. The molecule has 4 nitrogen and oxygen atoms in total. The van der Waals surface area contributed by atoms with Crippen LogP contribution < -0.4 is 11.1 Å². The molecule has 0 radical (unpaired) electrons. The molecular formula is C7H6N2O2. The van der Waals surface area contributed by atoms with E-state index in [0.29, 0.717) is 5.69 Å². The van der Waals surface area contributed by atoms with Crippen LogP contribution in [0.4, 0.5) is 0 Å². The first-order valence-electron chi connectivity index (χ1n) is 3.66. The van der Waals surface area contributed by atoms with Gasteiger partial charge in [0.15, 0.2) is 0 Å². The number of fused-ring (bicyclic) bond motifs is 1. The Morgan fingerprint density at radius 1 is 1.45 bits per heavy atom. The first-order valence-corrected chi connectivity index (χ1v) is 3.16. The van der Waals surface area contributed by atoms with E-state index in [1.165, 1.54) is 10.6 Å². The molecule has 0 fully saturated rings. The van der Waals surface area contributed by atoms with Crippen molar-refractivity contribution in [3.63, 3.8) is 0 Å². The highest BCUT2D eigenvalue weighted by atomic mass is 16.2. The zero-order valence-electron chi connectivity index (χ0n) is 6.87. The first kappa shape index (κ1) is 5.12. The van der Waals surface area contributed by atoms with E-state index in [2.05, 4.69) is 0 Å². The van der Waals surface area contributed by atoms with Crippen molar-refractivity contribution in [2.24, 2.45) is 0 Å². The summed E-state index contributed by atoms with van der Waals surface area (Å²) < 4.78 is 9.51. The zero-order valence-corrected chi connectivity index (χ0v) is 5.87. The van der Waals surface area contributed by atoms with Gasteiger partial charge in [-0.3, -0.25) is 9.59 Å². The molecule has 0 aromatic carbocycles. The highest BCUT2D eigenvalue weighted by molar-refractivity contribution is 5.04. The molecule has 0 saturated carbocycles. The van der Waals surface area contributed by atoms with Crippen LogP contribution in [-0.2, 0) is 0 Å². The van der Waals surface area contributed by atoms with Crippen LogP contribution in [0, 0.1) is 6.92 Å². The fraction of sp³-hybridized carbons (Fsp3) is 0.143. The van der Waals surface area contributed by atoms with Crippen molar-refractivity contribution in [3.8, 4) is 0 Å². The molecule has 4 heteroatoms. The van der Waals surface area contributed by atoms with Gasteiger partial charge < -0.3 is 0 Å². The molecule has 0 unspecified atom stereocenters. The molecule has 11 heavy (non-hydrogen) atoms. The van der Waals surface area contributed by atoms with Gasteiger partial charge >= 0.3 is 0 Å². The Morgan fingerprint density at radius 2 is 2.18 bits per heavy atom. The summed E-state index contributed by atoms with van der Waals surface area (Å²) in [6, 6.07) is 2.45. The fourth-order valence-corrected chi connectivity index (χ4v) is 1.13. The standard InChI is InChI=1S/C7H6N2O2/c1-5-4-7(11)8-3-2-6(10)9(5)8/h2-4H,1H3/i3D. The second kappa shape index (κ2) is 1.72. The molecule has 0 bridgehead atoms. The molecule has 2 aromatic rings. The maximum Gasteiger partial charge on any atom is 0.271 e. The average molecular weight is 151 g/mol. The molecule has 0 aliphatic heterocycles. The number of aryl methyl sites for hydroxylation is 1. The Kier molecular flexibility index (Phi) is 0.800. The van der Waals surface area contributed by atoms with Gasteiger partial charge in [-0.25, -0.2) is 9.03 Å². The lowest BCUT2D eigenvalue weighted by Crippen LogP contribution is -2.13. The quantitative estimate of drug-likeness (QED) is 0.509. The summed E-state index contributed by atoms with van der Waals surface area (Å²) in [7, 11) is 0. The Labute approximate surface area is 63.0 Å². The molecule has 2 heterocycles. The molecule has 2 rings (SSSR count). The SMILES string of the molecule is [2H]c1cc(=O)n2c(C)cc(=O)n12. The number of hydrogen-bond donors (Lipinski definition) is 0. The van der Waals surface area contributed by atoms with Gasteiger partial charge in [0.2, 0.25) is 0 Å². The maximum atomic E-state index is 11.1. The predicted molar refractivity (Wildman–Crippen MR) is 39.3 cm³/mol. The van der Waals surface area contributed by atoms with Crippen molar-refractivity contribution in [1.82, 2.24) is 9.03 Å². The largest absolute Gasteiger partial charge is 0.271 e. The Bertz CT molecular complexity index is 490. The minimum absolute atomic E-state index is 0.0712. The summed E-state index contributed by atoms with van der Waals surface area (Å²) in [5.41, 5.74) is -0.109. The Morgan fingerprint density at radius 3 is 2.82 bits per heavy atom. The van der Waals surface area contributed by atoms with Crippen molar-refractivity contribution < 1.29 is 1.37 Å². The van der Waals surface area contributed by atoms with E-state index in [1.807, 2.05) is 0 Å². The van der Waals surface area contributed by atoms with Gasteiger partial charge in [0.1, 0.15) is 0 Å². The van der Waals surface area contributed by atoms with Gasteiger partial charge in [-0.05, 0) is 6.92 Å². The van der Waals surface area contributed by atoms with Gasteiger partial charge in [0.25, 0.3) is 11.1 Å². The average Bonchev–Trinajstić information content (AvgIpc) is 2.38. The van der Waals surface area contributed by atoms with E-state index in [0.717, 1.165) is 10.6 Å². The summed E-state index contributed by atoms with van der Waals surface area (Å²) in [6.07, 6.45) is -0.0712. The fourth-order valence-electron chi connectivity index (χ4n) is 1.13. The van der Waals surface area contributed by atoms with Crippen LogP contribution >= 0.6 is 0 Å². The van der Waals surface area contributed by atoms with Crippen LogP contribution in [-0.4, -0.2) is 9.03 Å². The molecular weight excluding hydrogens is 144 g/mol. The monoisotopic (exact) mass is 151 g/mol. The third-order valence-electron chi connectivity index (χ3n) is 1.59. The second-order valence-electron chi connectivity index (χ2n) is 2.36. The molecule has 0 aliphatic carbocycles. The topological polar surface area (TPSA) is 43.0 Å². The number of nitrogens with zero attached hydrogens (tertiary/aromatic N) is 2. The van der Waals surface area contributed by atoms with Crippen LogP contribution in [0.2, 0.25) is 0 Å². The normalized spacial score (nSPS) is 12.3. The first-order chi connectivity index (χ1) is 5.61. The van der Waals surface area contributed by atoms with E-state index in [9.17, 15) is 9.59 Å². The summed E-state index contributed by atoms with van der Waals surface area (Å²) >= 11 is 0. The van der Waals surface area contributed by atoms with Crippen LogP contribution in [0.1, 0.15) is 7.06 Å². The number of aromatic nitrogens is 2. The van der Waals surface area contributed by atoms with Crippen molar-refractivity contribution in [1.29, 1.82) is 0 Å². The summed E-state index contributed by atoms with van der Waals surface area (Å²) in [6.45, 7) is 1.66. The highest BCUT2D eigenvalue weighted by Gasteiger charge is 2.03. The van der Waals surface area contributed by atoms with Crippen LogP contribution in [0.5, 0.6) is 0 Å². The van der Waals surface area contributed by atoms with Crippen LogP contribution in [0.25, 0.3) is 0 Å². The number of hydrogen-bond acceptors (Lipinski definition) is 2. The van der Waals surface area contributed by atoms with E-state index >= 15 is 0 Å². The number of rotatable bonds is 0. The van der Waals surface area contributed by atoms with Crippen LogP contribution in [0.3, 0.4) is 0 Å². The van der Waals surface area contributed by atoms with Crippen molar-refractivity contribution in [2.45, 2.75) is 6.92 Å². The lowest BCUT2D eigenvalue weighted by Gasteiger charge is -1.85. The third-order valence-corrected chi connectivity index (χ3v) is 1.59. The van der Waals surface area contributed by atoms with Gasteiger partial charge in [-0.2, -0.15) is 0 Å². The van der Waals surface area contributed by atoms with Crippen LogP contribution in [0.15, 0.2) is 27.9 Å². The van der Waals surface area contributed by atoms with Gasteiger partial charge in [0, 0.05) is 24.0 Å². The zero-order chi connectivity index (χ0) is 8.88. The van der Waals surface area contributed by atoms with Crippen molar-refractivity contribution in [2.75, 3.05) is 0 Å². The molecule has 0 spiro atoms. The van der Waals surface area contributed by atoms with Gasteiger partial charge in [0.05, 0.1) is 1.37 Å². The molecule has 2 aromatic heterocycles. The lowest BCUT2D eigenvalue weighted by atomic mass is 10.5. The summed E-state index contributed by atoms with van der Waals surface area (Å²) in [4.78, 5) is 22.2. The predicted octanol–water partition coefficient (Wildman–Crippen LogP) is -0.495. The molecule has 0 aliphatic rings. The molecule has 0 atom stereocenters. The minimum atomic E-state index is -0.334. The molecule has 0 saturated heterocycles. The van der Waals surface area contributed by atoms with Crippen molar-refractivity contribution in [3.05, 3.63) is 44.7 Å². The smallest absolute Gasteiger partial charge is 0.267 e. The second-order valence-corrected chi connectivity index (χ2v) is 2.36.